The second kappa shape index (κ2) is 4.92. The first-order valence-electron chi connectivity index (χ1n) is 6.52. The summed E-state index contributed by atoms with van der Waals surface area (Å²) in [5.74, 6) is -0.187. The smallest absolute Gasteiger partial charge is 0.331 e. The molecule has 5 heteroatoms. The van der Waals surface area contributed by atoms with Crippen LogP contribution in [0.4, 0.5) is 5.82 Å². The second-order valence-electron chi connectivity index (χ2n) is 4.90. The van der Waals surface area contributed by atoms with E-state index < -0.39 is 12.0 Å². The standard InChI is InChI=1S/C15H15N3O2/c1-10-8-13(17-9-16-10)18-7-6-11-4-2-3-5-12(11)14(18)15(19)20/h2-5,8-9,14H,6-7H2,1H3,(H,19,20). The molecule has 3 rings (SSSR count). The molecule has 1 atom stereocenters. The summed E-state index contributed by atoms with van der Waals surface area (Å²) < 4.78 is 0. The molecule has 1 aromatic heterocycles. The van der Waals surface area contributed by atoms with E-state index in [0.717, 1.165) is 23.2 Å². The van der Waals surface area contributed by atoms with E-state index in [4.69, 9.17) is 0 Å². The number of rotatable bonds is 2. The molecule has 20 heavy (non-hydrogen) atoms. The Labute approximate surface area is 116 Å². The minimum atomic E-state index is -0.853. The van der Waals surface area contributed by atoms with Crippen molar-refractivity contribution in [2.75, 3.05) is 11.4 Å². The highest BCUT2D eigenvalue weighted by molar-refractivity contribution is 5.81. The average molecular weight is 269 g/mol. The lowest BCUT2D eigenvalue weighted by Crippen LogP contribution is -2.40. The minimum absolute atomic E-state index is 0.643. The highest BCUT2D eigenvalue weighted by Gasteiger charge is 2.33. The zero-order valence-corrected chi connectivity index (χ0v) is 11.2. The van der Waals surface area contributed by atoms with E-state index in [2.05, 4.69) is 9.97 Å². The van der Waals surface area contributed by atoms with E-state index in [9.17, 15) is 9.90 Å². The third-order valence-electron chi connectivity index (χ3n) is 3.60. The summed E-state index contributed by atoms with van der Waals surface area (Å²) >= 11 is 0. The Kier molecular flexibility index (Phi) is 3.10. The second-order valence-corrected chi connectivity index (χ2v) is 4.90. The summed E-state index contributed by atoms with van der Waals surface area (Å²) in [5.41, 5.74) is 2.78. The number of hydrogen-bond donors (Lipinski definition) is 1. The highest BCUT2D eigenvalue weighted by atomic mass is 16.4. The number of aryl methyl sites for hydroxylation is 1. The van der Waals surface area contributed by atoms with Crippen LogP contribution in [-0.2, 0) is 11.2 Å². The fourth-order valence-corrected chi connectivity index (χ4v) is 2.68. The normalized spacial score (nSPS) is 17.6. The van der Waals surface area contributed by atoms with Crippen molar-refractivity contribution in [3.8, 4) is 0 Å². The number of carboxylic acids is 1. The first-order valence-corrected chi connectivity index (χ1v) is 6.52. The number of aliphatic carboxylic acids is 1. The molecule has 5 nitrogen and oxygen atoms in total. The van der Waals surface area contributed by atoms with Gasteiger partial charge < -0.3 is 10.0 Å². The number of anilines is 1. The van der Waals surface area contributed by atoms with Crippen LogP contribution in [0.25, 0.3) is 0 Å². The molecule has 2 heterocycles. The van der Waals surface area contributed by atoms with E-state index in [1.807, 2.05) is 42.2 Å². The van der Waals surface area contributed by atoms with Gasteiger partial charge in [0.2, 0.25) is 0 Å². The minimum Gasteiger partial charge on any atom is -0.479 e. The Hall–Kier alpha value is -2.43. The first kappa shape index (κ1) is 12.6. The van der Waals surface area contributed by atoms with E-state index in [-0.39, 0.29) is 0 Å². The van der Waals surface area contributed by atoms with Crippen molar-refractivity contribution in [1.82, 2.24) is 9.97 Å². The van der Waals surface area contributed by atoms with Crippen molar-refractivity contribution in [2.24, 2.45) is 0 Å². The number of aromatic nitrogens is 2. The summed E-state index contributed by atoms with van der Waals surface area (Å²) in [6, 6.07) is 8.84. The van der Waals surface area contributed by atoms with Crippen molar-refractivity contribution in [1.29, 1.82) is 0 Å². The van der Waals surface area contributed by atoms with Gasteiger partial charge in [-0.15, -0.1) is 0 Å². The molecule has 1 aromatic carbocycles. The van der Waals surface area contributed by atoms with E-state index in [1.165, 1.54) is 6.33 Å². The topological polar surface area (TPSA) is 66.3 Å². The lowest BCUT2D eigenvalue weighted by molar-refractivity contribution is -0.138. The van der Waals surface area contributed by atoms with Gasteiger partial charge in [-0.05, 0) is 24.5 Å². The first-order chi connectivity index (χ1) is 9.66. The van der Waals surface area contributed by atoms with Crippen LogP contribution >= 0.6 is 0 Å². The van der Waals surface area contributed by atoms with Crippen molar-refractivity contribution >= 4 is 11.8 Å². The molecular formula is C15H15N3O2. The average Bonchev–Trinajstić information content (AvgIpc) is 2.45. The van der Waals surface area contributed by atoms with Crippen molar-refractivity contribution in [3.05, 3.63) is 53.5 Å². The van der Waals surface area contributed by atoms with Gasteiger partial charge in [-0.2, -0.15) is 0 Å². The maximum Gasteiger partial charge on any atom is 0.331 e. The molecule has 0 bridgehead atoms. The Morgan fingerprint density at radius 1 is 1.35 bits per heavy atom. The summed E-state index contributed by atoms with van der Waals surface area (Å²) in [6.07, 6.45) is 2.30. The summed E-state index contributed by atoms with van der Waals surface area (Å²) in [4.78, 5) is 21.8. The maximum atomic E-state index is 11.7. The van der Waals surface area contributed by atoms with Crippen LogP contribution < -0.4 is 4.90 Å². The Bertz CT molecular complexity index is 657. The van der Waals surface area contributed by atoms with Gasteiger partial charge in [-0.3, -0.25) is 0 Å². The van der Waals surface area contributed by atoms with Crippen LogP contribution in [0.5, 0.6) is 0 Å². The fourth-order valence-electron chi connectivity index (χ4n) is 2.68. The van der Waals surface area contributed by atoms with Crippen molar-refractivity contribution < 1.29 is 9.90 Å². The predicted octanol–water partition coefficient (Wildman–Crippen LogP) is 1.97. The van der Waals surface area contributed by atoms with Gasteiger partial charge in [0.1, 0.15) is 12.1 Å². The monoisotopic (exact) mass is 269 g/mol. The maximum absolute atomic E-state index is 11.7. The molecule has 0 saturated heterocycles. The van der Waals surface area contributed by atoms with E-state index in [1.54, 1.807) is 0 Å². The van der Waals surface area contributed by atoms with Crippen LogP contribution in [0.15, 0.2) is 36.7 Å². The Morgan fingerprint density at radius 3 is 2.90 bits per heavy atom. The number of benzene rings is 1. The third kappa shape index (κ3) is 2.11. The molecule has 1 aliphatic rings. The molecule has 0 saturated carbocycles. The lowest BCUT2D eigenvalue weighted by atomic mass is 9.92. The lowest BCUT2D eigenvalue weighted by Gasteiger charge is -2.35. The summed E-state index contributed by atoms with van der Waals surface area (Å²) in [7, 11) is 0. The van der Waals surface area contributed by atoms with Crippen LogP contribution in [0.2, 0.25) is 0 Å². The molecule has 0 radical (unpaired) electrons. The van der Waals surface area contributed by atoms with Gasteiger partial charge in [0.05, 0.1) is 0 Å². The number of hydrogen-bond acceptors (Lipinski definition) is 4. The van der Waals surface area contributed by atoms with Crippen molar-refractivity contribution in [3.63, 3.8) is 0 Å². The Balaban J connectivity index is 2.07. The predicted molar refractivity (Wildman–Crippen MR) is 74.6 cm³/mol. The van der Waals surface area contributed by atoms with E-state index >= 15 is 0 Å². The molecular weight excluding hydrogens is 254 g/mol. The van der Waals surface area contributed by atoms with Gasteiger partial charge in [-0.25, -0.2) is 14.8 Å². The number of carboxylic acid groups (broad SMARTS) is 1. The summed E-state index contributed by atoms with van der Waals surface area (Å²) in [5, 5.41) is 9.60. The Morgan fingerprint density at radius 2 is 2.15 bits per heavy atom. The van der Waals surface area contributed by atoms with E-state index in [0.29, 0.717) is 12.4 Å². The highest BCUT2D eigenvalue weighted by Crippen LogP contribution is 2.32. The fraction of sp³-hybridized carbons (Fsp3) is 0.267. The third-order valence-corrected chi connectivity index (χ3v) is 3.60. The number of carbonyl (C=O) groups is 1. The van der Waals surface area contributed by atoms with Crippen LogP contribution in [0.1, 0.15) is 22.9 Å². The zero-order chi connectivity index (χ0) is 14.1. The van der Waals surface area contributed by atoms with Gasteiger partial charge in [-0.1, -0.05) is 24.3 Å². The van der Waals surface area contributed by atoms with Gasteiger partial charge in [0.25, 0.3) is 0 Å². The quantitative estimate of drug-likeness (QED) is 0.903. The molecule has 1 aliphatic heterocycles. The molecule has 0 spiro atoms. The van der Waals surface area contributed by atoms with Gasteiger partial charge in [0, 0.05) is 18.3 Å². The zero-order valence-electron chi connectivity index (χ0n) is 11.2. The number of fused-ring (bicyclic) bond motifs is 1. The van der Waals surface area contributed by atoms with Gasteiger partial charge >= 0.3 is 5.97 Å². The molecule has 1 unspecified atom stereocenters. The molecule has 2 aromatic rings. The van der Waals surface area contributed by atoms with Crippen LogP contribution in [0, 0.1) is 6.92 Å². The molecule has 1 N–H and O–H groups in total. The number of nitrogens with zero attached hydrogens (tertiary/aromatic N) is 3. The van der Waals surface area contributed by atoms with Crippen LogP contribution in [0.3, 0.4) is 0 Å². The van der Waals surface area contributed by atoms with Crippen molar-refractivity contribution in [2.45, 2.75) is 19.4 Å². The van der Waals surface area contributed by atoms with Crippen LogP contribution in [-0.4, -0.2) is 27.6 Å². The molecule has 102 valence electrons. The largest absolute Gasteiger partial charge is 0.479 e. The molecule has 0 amide bonds. The molecule has 0 aliphatic carbocycles. The molecule has 0 fully saturated rings. The SMILES string of the molecule is Cc1cc(N2CCc3ccccc3C2C(=O)O)ncn1. The van der Waals surface area contributed by atoms with Gasteiger partial charge in [0.15, 0.2) is 6.04 Å². The summed E-state index contributed by atoms with van der Waals surface area (Å²) in [6.45, 7) is 2.52.